The zero-order valence-corrected chi connectivity index (χ0v) is 15.3. The lowest BCUT2D eigenvalue weighted by molar-refractivity contribution is -0.115. The second-order valence-corrected chi connectivity index (χ2v) is 8.00. The van der Waals surface area contributed by atoms with Crippen molar-refractivity contribution in [3.63, 3.8) is 0 Å². The summed E-state index contributed by atoms with van der Waals surface area (Å²) in [6.07, 6.45) is 5.50. The summed E-state index contributed by atoms with van der Waals surface area (Å²) in [6, 6.07) is 5.50. The van der Waals surface area contributed by atoms with Gasteiger partial charge in [0.05, 0.1) is 25.2 Å². The summed E-state index contributed by atoms with van der Waals surface area (Å²) in [7, 11) is 0. The summed E-state index contributed by atoms with van der Waals surface area (Å²) in [4.78, 5) is 18.6. The Kier molecular flexibility index (Phi) is 5.10. The van der Waals surface area contributed by atoms with Crippen LogP contribution in [0.15, 0.2) is 18.2 Å². The number of hydrogen-bond acceptors (Lipinski definition) is 6. The highest BCUT2D eigenvalue weighted by Gasteiger charge is 2.27. The predicted molar refractivity (Wildman–Crippen MR) is 99.4 cm³/mol. The normalized spacial score (nSPS) is 18.6. The second-order valence-electron chi connectivity index (χ2n) is 6.99. The smallest absolute Gasteiger partial charge is 0.232 e. The predicted octanol–water partition coefficient (Wildman–Crippen LogP) is 3.32. The number of carbonyl (C=O) groups excluding carboxylic acids is 1. The van der Waals surface area contributed by atoms with Crippen LogP contribution in [0, 0.1) is 0 Å². The van der Waals surface area contributed by atoms with Crippen molar-refractivity contribution in [3.8, 4) is 0 Å². The maximum atomic E-state index is 13.0. The number of nitrogens with zero attached hydrogens (tertiary/aromatic N) is 4. The zero-order chi connectivity index (χ0) is 17.9. The first-order valence-electron chi connectivity index (χ1n) is 9.15. The molecule has 26 heavy (non-hydrogen) atoms. The minimum atomic E-state index is -0.778. The minimum Gasteiger partial charge on any atom is -0.351 e. The molecule has 2 aliphatic rings. The van der Waals surface area contributed by atoms with E-state index in [1.165, 1.54) is 30.6 Å². The maximum absolute atomic E-state index is 13.0. The molecule has 0 atom stereocenters. The molecule has 1 aliphatic heterocycles. The van der Waals surface area contributed by atoms with Crippen LogP contribution in [0.25, 0.3) is 0 Å². The molecule has 0 unspecified atom stereocenters. The number of alkyl halides is 1. The van der Waals surface area contributed by atoms with E-state index in [-0.39, 0.29) is 12.3 Å². The molecule has 0 aromatic carbocycles. The summed E-state index contributed by atoms with van der Waals surface area (Å²) in [5.41, 5.74) is 0.666. The van der Waals surface area contributed by atoms with Crippen molar-refractivity contribution in [2.24, 2.45) is 0 Å². The van der Waals surface area contributed by atoms with Crippen LogP contribution >= 0.6 is 11.3 Å². The van der Waals surface area contributed by atoms with E-state index in [2.05, 4.69) is 20.5 Å². The molecule has 0 spiro atoms. The van der Waals surface area contributed by atoms with Crippen molar-refractivity contribution in [2.75, 3.05) is 23.3 Å². The molecule has 2 aromatic rings. The van der Waals surface area contributed by atoms with Crippen molar-refractivity contribution in [1.29, 1.82) is 0 Å². The Balaban J connectivity index is 1.34. The molecule has 2 aromatic heterocycles. The fourth-order valence-corrected chi connectivity index (χ4v) is 4.41. The SMILES string of the molecule is O=C(Cc1cccc(N2CC(F)C2)n1)Nc1nnc(C2CCCCC2)s1. The Morgan fingerprint density at radius 2 is 2.04 bits per heavy atom. The second kappa shape index (κ2) is 7.65. The average Bonchev–Trinajstić information content (AvgIpc) is 3.08. The molecule has 1 saturated heterocycles. The first-order chi connectivity index (χ1) is 12.7. The van der Waals surface area contributed by atoms with Crippen molar-refractivity contribution in [3.05, 3.63) is 28.9 Å². The summed E-state index contributed by atoms with van der Waals surface area (Å²) in [5, 5.41) is 12.8. The van der Waals surface area contributed by atoms with Crippen LogP contribution in [0.4, 0.5) is 15.3 Å². The third kappa shape index (κ3) is 4.00. The Hall–Kier alpha value is -2.09. The van der Waals surface area contributed by atoms with Crippen LogP contribution in [0.3, 0.4) is 0 Å². The first kappa shape index (κ1) is 17.3. The number of aromatic nitrogens is 3. The lowest BCUT2D eigenvalue weighted by Crippen LogP contribution is -2.48. The summed E-state index contributed by atoms with van der Waals surface area (Å²) < 4.78 is 13.0. The van der Waals surface area contributed by atoms with Crippen LogP contribution in [-0.4, -0.2) is 40.3 Å². The van der Waals surface area contributed by atoms with E-state index >= 15 is 0 Å². The number of nitrogens with one attached hydrogen (secondary N) is 1. The number of anilines is 2. The highest BCUT2D eigenvalue weighted by atomic mass is 32.1. The number of amides is 1. The fourth-order valence-electron chi connectivity index (χ4n) is 3.48. The highest BCUT2D eigenvalue weighted by molar-refractivity contribution is 7.15. The standard InChI is InChI=1S/C18H22FN5OS/c19-13-10-24(11-13)15-8-4-7-14(20-15)9-16(25)21-18-23-22-17(26-18)12-5-2-1-3-6-12/h4,7-8,12-13H,1-3,5-6,9-11H2,(H,21,23,25). The van der Waals surface area contributed by atoms with Gasteiger partial charge in [-0.3, -0.25) is 4.79 Å². The number of halogens is 1. The third-order valence-electron chi connectivity index (χ3n) is 4.94. The Bertz CT molecular complexity index is 770. The van der Waals surface area contributed by atoms with Gasteiger partial charge in [-0.15, -0.1) is 10.2 Å². The van der Waals surface area contributed by atoms with Crippen molar-refractivity contribution < 1.29 is 9.18 Å². The number of pyridine rings is 1. The summed E-state index contributed by atoms with van der Waals surface area (Å²) in [5.74, 6) is 1.05. The molecule has 1 saturated carbocycles. The molecule has 138 valence electrons. The maximum Gasteiger partial charge on any atom is 0.232 e. The van der Waals surface area contributed by atoms with Gasteiger partial charge in [-0.05, 0) is 25.0 Å². The van der Waals surface area contributed by atoms with Gasteiger partial charge in [-0.1, -0.05) is 36.7 Å². The van der Waals surface area contributed by atoms with Gasteiger partial charge in [-0.2, -0.15) is 0 Å². The zero-order valence-electron chi connectivity index (χ0n) is 14.5. The molecule has 6 nitrogen and oxygen atoms in total. The monoisotopic (exact) mass is 375 g/mol. The number of carbonyl (C=O) groups is 1. The van der Waals surface area contributed by atoms with Crippen molar-refractivity contribution in [1.82, 2.24) is 15.2 Å². The van der Waals surface area contributed by atoms with Gasteiger partial charge in [-0.25, -0.2) is 9.37 Å². The third-order valence-corrected chi connectivity index (χ3v) is 5.94. The van der Waals surface area contributed by atoms with Gasteiger partial charge < -0.3 is 10.2 Å². The molecule has 8 heteroatoms. The molecule has 1 N–H and O–H groups in total. The van der Waals surface area contributed by atoms with Crippen LogP contribution in [0.5, 0.6) is 0 Å². The van der Waals surface area contributed by atoms with E-state index < -0.39 is 6.17 Å². The van der Waals surface area contributed by atoms with Gasteiger partial charge in [0.1, 0.15) is 17.0 Å². The van der Waals surface area contributed by atoms with Gasteiger partial charge in [0.2, 0.25) is 11.0 Å². The van der Waals surface area contributed by atoms with E-state index in [1.807, 2.05) is 23.1 Å². The van der Waals surface area contributed by atoms with Crippen molar-refractivity contribution in [2.45, 2.75) is 50.6 Å². The van der Waals surface area contributed by atoms with E-state index in [1.54, 1.807) is 0 Å². The lowest BCUT2D eigenvalue weighted by atomic mass is 9.90. The highest BCUT2D eigenvalue weighted by Crippen LogP contribution is 2.35. The lowest BCUT2D eigenvalue weighted by Gasteiger charge is -2.35. The Morgan fingerprint density at radius 3 is 2.81 bits per heavy atom. The molecule has 0 bridgehead atoms. The van der Waals surface area contributed by atoms with Crippen LogP contribution in [-0.2, 0) is 11.2 Å². The van der Waals surface area contributed by atoms with Gasteiger partial charge >= 0.3 is 0 Å². The molecular weight excluding hydrogens is 353 g/mol. The van der Waals surface area contributed by atoms with Gasteiger partial charge in [0.25, 0.3) is 0 Å². The summed E-state index contributed by atoms with van der Waals surface area (Å²) in [6.45, 7) is 0.745. The number of hydrogen-bond donors (Lipinski definition) is 1. The Labute approximate surface area is 155 Å². The number of rotatable bonds is 5. The first-order valence-corrected chi connectivity index (χ1v) is 9.97. The topological polar surface area (TPSA) is 71.0 Å². The molecule has 1 amide bonds. The molecular formula is C18H22FN5OS. The van der Waals surface area contributed by atoms with Gasteiger partial charge in [0, 0.05) is 5.92 Å². The summed E-state index contributed by atoms with van der Waals surface area (Å²) >= 11 is 1.47. The quantitative estimate of drug-likeness (QED) is 0.868. The molecule has 0 radical (unpaired) electrons. The van der Waals surface area contributed by atoms with E-state index in [0.29, 0.717) is 29.8 Å². The average molecular weight is 375 g/mol. The van der Waals surface area contributed by atoms with E-state index in [9.17, 15) is 9.18 Å². The Morgan fingerprint density at radius 1 is 1.23 bits per heavy atom. The van der Waals surface area contributed by atoms with Gasteiger partial charge in [0.15, 0.2) is 0 Å². The minimum absolute atomic E-state index is 0.159. The van der Waals surface area contributed by atoms with Crippen LogP contribution in [0.2, 0.25) is 0 Å². The van der Waals surface area contributed by atoms with Crippen LogP contribution < -0.4 is 10.2 Å². The molecule has 1 aliphatic carbocycles. The largest absolute Gasteiger partial charge is 0.351 e. The van der Waals surface area contributed by atoms with E-state index in [4.69, 9.17) is 0 Å². The van der Waals surface area contributed by atoms with Crippen molar-refractivity contribution >= 4 is 28.2 Å². The fraction of sp³-hybridized carbons (Fsp3) is 0.556. The molecule has 2 fully saturated rings. The van der Waals surface area contributed by atoms with Crippen LogP contribution in [0.1, 0.15) is 48.7 Å². The molecule has 3 heterocycles. The molecule has 4 rings (SSSR count). The van der Waals surface area contributed by atoms with E-state index in [0.717, 1.165) is 23.7 Å².